The third kappa shape index (κ3) is 1.82. The zero-order valence-electron chi connectivity index (χ0n) is 9.09. The molecule has 0 amide bonds. The molecule has 2 N–H and O–H groups in total. The Labute approximate surface area is 103 Å². The predicted octanol–water partition coefficient (Wildman–Crippen LogP) is 3.04. The van der Waals surface area contributed by atoms with E-state index in [0.29, 0.717) is 12.8 Å². The van der Waals surface area contributed by atoms with Crippen molar-refractivity contribution in [3.63, 3.8) is 0 Å². The summed E-state index contributed by atoms with van der Waals surface area (Å²) in [6.07, 6.45) is 2.04. The fourth-order valence-electron chi connectivity index (χ4n) is 2.14. The Bertz CT molecular complexity index is 433. The summed E-state index contributed by atoms with van der Waals surface area (Å²) in [5, 5.41) is 12.5. The van der Waals surface area contributed by atoms with E-state index in [0.717, 1.165) is 16.6 Å². The van der Waals surface area contributed by atoms with Crippen molar-refractivity contribution >= 4 is 27.6 Å². The van der Waals surface area contributed by atoms with Crippen LogP contribution < -0.4 is 5.32 Å². The van der Waals surface area contributed by atoms with E-state index in [2.05, 4.69) is 21.2 Å². The van der Waals surface area contributed by atoms with Gasteiger partial charge in [-0.15, -0.1) is 0 Å². The number of nitrogens with one attached hydrogen (secondary N) is 1. The van der Waals surface area contributed by atoms with Crippen LogP contribution in [0.5, 0.6) is 0 Å². The first-order chi connectivity index (χ1) is 7.57. The maximum absolute atomic E-state index is 11.3. The molecule has 0 saturated heterocycles. The molecule has 0 saturated carbocycles. The lowest BCUT2D eigenvalue weighted by Crippen LogP contribution is -2.48. The largest absolute Gasteiger partial charge is 0.480 e. The van der Waals surface area contributed by atoms with E-state index >= 15 is 0 Å². The lowest BCUT2D eigenvalue weighted by Gasteiger charge is -2.35. The maximum atomic E-state index is 11.3. The summed E-state index contributed by atoms with van der Waals surface area (Å²) in [7, 11) is 0. The highest BCUT2D eigenvalue weighted by molar-refractivity contribution is 9.10. The highest BCUT2D eigenvalue weighted by Gasteiger charge is 2.39. The molecule has 1 aromatic rings. The highest BCUT2D eigenvalue weighted by atomic mass is 79.9. The van der Waals surface area contributed by atoms with Crippen LogP contribution in [0.3, 0.4) is 0 Å². The molecule has 1 heterocycles. The third-order valence-electron chi connectivity index (χ3n) is 3.28. The van der Waals surface area contributed by atoms with E-state index in [4.69, 9.17) is 0 Å². The van der Waals surface area contributed by atoms with Crippen LogP contribution in [0.15, 0.2) is 22.7 Å². The Morgan fingerprint density at radius 3 is 3.00 bits per heavy atom. The summed E-state index contributed by atoms with van der Waals surface area (Å²) in [5.41, 5.74) is 1.33. The van der Waals surface area contributed by atoms with Crippen molar-refractivity contribution in [1.82, 2.24) is 0 Å². The minimum Gasteiger partial charge on any atom is -0.480 e. The second kappa shape index (κ2) is 4.09. The van der Waals surface area contributed by atoms with Gasteiger partial charge in [0.25, 0.3) is 0 Å². The predicted molar refractivity (Wildman–Crippen MR) is 66.7 cm³/mol. The van der Waals surface area contributed by atoms with Crippen molar-refractivity contribution in [3.8, 4) is 0 Å². The number of hydrogen-bond acceptors (Lipinski definition) is 2. The number of halogens is 1. The summed E-state index contributed by atoms with van der Waals surface area (Å²) in [5.74, 6) is -0.761. The van der Waals surface area contributed by atoms with Crippen LogP contribution in [-0.4, -0.2) is 16.6 Å². The molecule has 1 aliphatic rings. The van der Waals surface area contributed by atoms with Gasteiger partial charge in [0.15, 0.2) is 0 Å². The maximum Gasteiger partial charge on any atom is 0.329 e. The van der Waals surface area contributed by atoms with Gasteiger partial charge >= 0.3 is 5.97 Å². The molecular formula is C12H14BrNO2. The molecule has 0 aromatic heterocycles. The molecule has 1 unspecified atom stereocenters. The van der Waals surface area contributed by atoms with E-state index in [9.17, 15) is 9.90 Å². The molecule has 0 radical (unpaired) electrons. The zero-order valence-corrected chi connectivity index (χ0v) is 10.7. The van der Waals surface area contributed by atoms with E-state index in [1.807, 2.05) is 25.1 Å². The molecule has 3 nitrogen and oxygen atoms in total. The van der Waals surface area contributed by atoms with Crippen LogP contribution in [-0.2, 0) is 11.2 Å². The first-order valence-corrected chi connectivity index (χ1v) is 6.17. The number of carboxylic acids is 1. The Hall–Kier alpha value is -1.03. The number of rotatable bonds is 2. The number of aryl methyl sites for hydroxylation is 1. The van der Waals surface area contributed by atoms with Crippen molar-refractivity contribution in [2.75, 3.05) is 5.32 Å². The van der Waals surface area contributed by atoms with Crippen LogP contribution in [0.25, 0.3) is 0 Å². The quantitative estimate of drug-likeness (QED) is 0.877. The van der Waals surface area contributed by atoms with Crippen LogP contribution >= 0.6 is 15.9 Å². The number of anilines is 1. The van der Waals surface area contributed by atoms with Gasteiger partial charge in [-0.1, -0.05) is 22.9 Å². The molecule has 1 aromatic carbocycles. The second-order valence-electron chi connectivity index (χ2n) is 4.17. The summed E-state index contributed by atoms with van der Waals surface area (Å²) < 4.78 is 1.03. The van der Waals surface area contributed by atoms with Crippen molar-refractivity contribution in [1.29, 1.82) is 0 Å². The van der Waals surface area contributed by atoms with Gasteiger partial charge in [0.2, 0.25) is 0 Å². The molecule has 0 aliphatic carbocycles. The number of hydrogen-bond donors (Lipinski definition) is 2. The van der Waals surface area contributed by atoms with E-state index in [-0.39, 0.29) is 0 Å². The molecule has 0 bridgehead atoms. The lowest BCUT2D eigenvalue weighted by molar-refractivity contribution is -0.142. The van der Waals surface area contributed by atoms with Gasteiger partial charge in [0, 0.05) is 10.2 Å². The Morgan fingerprint density at radius 1 is 1.62 bits per heavy atom. The SMILES string of the molecule is CCC1(C(=O)O)CCc2cc(Br)ccc2N1. The van der Waals surface area contributed by atoms with Gasteiger partial charge < -0.3 is 10.4 Å². The summed E-state index contributed by atoms with van der Waals surface area (Å²) >= 11 is 3.42. The summed E-state index contributed by atoms with van der Waals surface area (Å²) in [6.45, 7) is 1.91. The van der Waals surface area contributed by atoms with E-state index < -0.39 is 11.5 Å². The lowest BCUT2D eigenvalue weighted by atomic mass is 9.84. The van der Waals surface area contributed by atoms with E-state index in [1.54, 1.807) is 0 Å². The first-order valence-electron chi connectivity index (χ1n) is 5.37. The van der Waals surface area contributed by atoms with Crippen molar-refractivity contribution in [3.05, 3.63) is 28.2 Å². The first kappa shape index (κ1) is 11.5. The molecule has 1 aliphatic heterocycles. The minimum atomic E-state index is -0.791. The molecular weight excluding hydrogens is 270 g/mol. The Morgan fingerprint density at radius 2 is 2.38 bits per heavy atom. The fourth-order valence-corrected chi connectivity index (χ4v) is 2.54. The molecule has 0 fully saturated rings. The standard InChI is InChI=1S/C12H14BrNO2/c1-2-12(11(15)16)6-5-8-7-9(13)3-4-10(8)14-12/h3-4,7,14H,2,5-6H2,1H3,(H,15,16). The van der Waals surface area contributed by atoms with Crippen molar-refractivity contribution in [2.24, 2.45) is 0 Å². The smallest absolute Gasteiger partial charge is 0.329 e. The van der Waals surface area contributed by atoms with Crippen LogP contribution in [0.2, 0.25) is 0 Å². The van der Waals surface area contributed by atoms with Gasteiger partial charge in [-0.05, 0) is 43.0 Å². The topological polar surface area (TPSA) is 49.3 Å². The molecule has 1 atom stereocenters. The average Bonchev–Trinajstić information content (AvgIpc) is 2.28. The molecule has 86 valence electrons. The van der Waals surface area contributed by atoms with Gasteiger partial charge in [-0.3, -0.25) is 0 Å². The molecule has 0 spiro atoms. The van der Waals surface area contributed by atoms with Crippen LogP contribution in [0.1, 0.15) is 25.3 Å². The molecule has 4 heteroatoms. The second-order valence-corrected chi connectivity index (χ2v) is 5.08. The Kier molecular flexibility index (Phi) is 2.93. The highest BCUT2D eigenvalue weighted by Crippen LogP contribution is 2.34. The number of fused-ring (bicyclic) bond motifs is 1. The van der Waals surface area contributed by atoms with Gasteiger partial charge in [-0.25, -0.2) is 4.79 Å². The number of aliphatic carboxylic acids is 1. The number of benzene rings is 1. The van der Waals surface area contributed by atoms with Gasteiger partial charge in [0.05, 0.1) is 0 Å². The average molecular weight is 284 g/mol. The van der Waals surface area contributed by atoms with Gasteiger partial charge in [-0.2, -0.15) is 0 Å². The third-order valence-corrected chi connectivity index (χ3v) is 3.77. The molecule has 2 rings (SSSR count). The minimum absolute atomic E-state index is 0.595. The van der Waals surface area contributed by atoms with E-state index in [1.165, 1.54) is 5.56 Å². The summed E-state index contributed by atoms with van der Waals surface area (Å²) in [6, 6.07) is 5.91. The fraction of sp³-hybridized carbons (Fsp3) is 0.417. The van der Waals surface area contributed by atoms with Gasteiger partial charge in [0.1, 0.15) is 5.54 Å². The van der Waals surface area contributed by atoms with Crippen LogP contribution in [0.4, 0.5) is 5.69 Å². The number of carboxylic acid groups (broad SMARTS) is 1. The monoisotopic (exact) mass is 283 g/mol. The van der Waals surface area contributed by atoms with Crippen LogP contribution in [0, 0.1) is 0 Å². The summed E-state index contributed by atoms with van der Waals surface area (Å²) in [4.78, 5) is 11.3. The Balaban J connectivity index is 2.36. The number of carbonyl (C=O) groups is 1. The molecule has 16 heavy (non-hydrogen) atoms. The normalized spacial score (nSPS) is 23.4. The zero-order chi connectivity index (χ0) is 11.8. The van der Waals surface area contributed by atoms with Crippen molar-refractivity contribution in [2.45, 2.75) is 31.7 Å². The van der Waals surface area contributed by atoms with Crippen molar-refractivity contribution < 1.29 is 9.90 Å².